The quantitative estimate of drug-likeness (QED) is 0.818. The fourth-order valence-corrected chi connectivity index (χ4v) is 2.38. The van der Waals surface area contributed by atoms with Gasteiger partial charge in [-0.15, -0.1) is 0 Å². The summed E-state index contributed by atoms with van der Waals surface area (Å²) < 4.78 is 0. The van der Waals surface area contributed by atoms with E-state index >= 15 is 0 Å². The standard InChI is InChI=1S/C17H15ClN2O4/c1-11(21)19-15-8-7-13(18)9-14(15)17(20(24)10-16(22)23)12-5-3-2-4-6-12/h2-9,24H,10H2,1H3,(H,22,23). The first-order chi connectivity index (χ1) is 11.4. The molecule has 0 atom stereocenters. The molecule has 7 heteroatoms. The summed E-state index contributed by atoms with van der Waals surface area (Å²) >= 11 is 6.04. The van der Waals surface area contributed by atoms with E-state index in [0.717, 1.165) is 0 Å². The molecule has 2 N–H and O–H groups in total. The maximum atomic E-state index is 11.4. The van der Waals surface area contributed by atoms with E-state index in [4.69, 9.17) is 16.7 Å². The van der Waals surface area contributed by atoms with E-state index in [1.54, 1.807) is 36.4 Å². The maximum Gasteiger partial charge on any atom is 0.325 e. The molecular weight excluding hydrogens is 332 g/mol. The van der Waals surface area contributed by atoms with Gasteiger partial charge in [-0.2, -0.15) is 0 Å². The zero-order valence-corrected chi connectivity index (χ0v) is 13.6. The van der Waals surface area contributed by atoms with Crippen molar-refractivity contribution in [3.8, 4) is 0 Å². The van der Waals surface area contributed by atoms with Crippen molar-refractivity contribution in [2.75, 3.05) is 6.54 Å². The number of aliphatic imine (C=N–C) groups is 1. The maximum absolute atomic E-state index is 11.4. The molecule has 0 fully saturated rings. The number of carbonyl (C=O) groups is 2. The van der Waals surface area contributed by atoms with Gasteiger partial charge < -0.3 is 5.11 Å². The van der Waals surface area contributed by atoms with E-state index in [2.05, 4.69) is 4.99 Å². The molecule has 1 aromatic carbocycles. The third-order valence-electron chi connectivity index (χ3n) is 3.08. The molecule has 0 saturated heterocycles. The van der Waals surface area contributed by atoms with E-state index in [1.807, 2.05) is 0 Å². The van der Waals surface area contributed by atoms with Crippen LogP contribution < -0.4 is 0 Å². The third-order valence-corrected chi connectivity index (χ3v) is 3.32. The van der Waals surface area contributed by atoms with Crippen LogP contribution in [0.25, 0.3) is 5.70 Å². The smallest absolute Gasteiger partial charge is 0.325 e. The lowest BCUT2D eigenvalue weighted by Gasteiger charge is -2.23. The SMILES string of the molecule is CC(=O)N=C1C=CC(Cl)=CC1=C(c1ccccc1)N(O)CC(=O)O. The molecule has 0 unspecified atom stereocenters. The van der Waals surface area contributed by atoms with Gasteiger partial charge >= 0.3 is 5.97 Å². The van der Waals surface area contributed by atoms with Gasteiger partial charge in [0.05, 0.1) is 11.4 Å². The lowest BCUT2D eigenvalue weighted by molar-refractivity contribution is -0.145. The number of hydroxylamine groups is 2. The predicted octanol–water partition coefficient (Wildman–Crippen LogP) is 2.85. The van der Waals surface area contributed by atoms with Crippen molar-refractivity contribution in [2.24, 2.45) is 4.99 Å². The van der Waals surface area contributed by atoms with E-state index in [9.17, 15) is 14.8 Å². The van der Waals surface area contributed by atoms with E-state index in [-0.39, 0.29) is 11.4 Å². The number of hydrogen-bond acceptors (Lipinski definition) is 4. The second-order valence-electron chi connectivity index (χ2n) is 4.96. The summed E-state index contributed by atoms with van der Waals surface area (Å²) in [6.07, 6.45) is 4.63. The molecule has 124 valence electrons. The second kappa shape index (κ2) is 7.72. The van der Waals surface area contributed by atoms with Crippen LogP contribution in [-0.4, -0.2) is 39.5 Å². The van der Waals surface area contributed by atoms with Crippen LogP contribution in [0.3, 0.4) is 0 Å². The molecule has 24 heavy (non-hydrogen) atoms. The number of carboxylic acids is 1. The summed E-state index contributed by atoms with van der Waals surface area (Å²) in [6.45, 7) is 0.658. The number of allylic oxidation sites excluding steroid dienone is 5. The Bertz CT molecular complexity index is 779. The fraction of sp³-hybridized carbons (Fsp3) is 0.118. The van der Waals surface area contributed by atoms with Crippen LogP contribution >= 0.6 is 11.6 Å². The number of rotatable bonds is 4. The summed E-state index contributed by atoms with van der Waals surface area (Å²) in [6, 6.07) is 8.70. The van der Waals surface area contributed by atoms with Gasteiger partial charge in [-0.05, 0) is 18.2 Å². The summed E-state index contributed by atoms with van der Waals surface area (Å²) in [4.78, 5) is 26.3. The zero-order chi connectivity index (χ0) is 17.7. The van der Waals surface area contributed by atoms with Gasteiger partial charge in [0.15, 0.2) is 0 Å². The van der Waals surface area contributed by atoms with Gasteiger partial charge in [0.2, 0.25) is 5.91 Å². The molecule has 1 amide bonds. The average Bonchev–Trinajstić information content (AvgIpc) is 2.50. The molecule has 2 rings (SSSR count). The summed E-state index contributed by atoms with van der Waals surface area (Å²) in [5, 5.41) is 20.2. The number of carbonyl (C=O) groups excluding carboxylic acids is 1. The molecule has 6 nitrogen and oxygen atoms in total. The minimum absolute atomic E-state index is 0.195. The average molecular weight is 347 g/mol. The highest BCUT2D eigenvalue weighted by atomic mass is 35.5. The molecule has 0 saturated carbocycles. The van der Waals surface area contributed by atoms with Crippen molar-refractivity contribution in [1.82, 2.24) is 5.06 Å². The molecule has 0 bridgehead atoms. The molecular formula is C17H15ClN2O4. The predicted molar refractivity (Wildman–Crippen MR) is 90.7 cm³/mol. The van der Waals surface area contributed by atoms with E-state index in [0.29, 0.717) is 21.2 Å². The number of carboxylic acid groups (broad SMARTS) is 1. The first-order valence-electron chi connectivity index (χ1n) is 7.01. The van der Waals surface area contributed by atoms with Crippen molar-refractivity contribution < 1.29 is 19.9 Å². The van der Waals surface area contributed by atoms with Gasteiger partial charge in [0.25, 0.3) is 0 Å². The Hall–Kier alpha value is -2.70. The lowest BCUT2D eigenvalue weighted by atomic mass is 9.98. The molecule has 1 aliphatic carbocycles. The number of benzene rings is 1. The minimum atomic E-state index is -1.21. The summed E-state index contributed by atoms with van der Waals surface area (Å²) in [5.41, 5.74) is 1.40. The van der Waals surface area contributed by atoms with Crippen molar-refractivity contribution in [2.45, 2.75) is 6.92 Å². The Kier molecular flexibility index (Phi) is 5.68. The topological polar surface area (TPSA) is 90.2 Å². The number of nitrogens with zero attached hydrogens (tertiary/aromatic N) is 2. The number of amides is 1. The Morgan fingerprint density at radius 3 is 2.46 bits per heavy atom. The Labute approximate surface area is 143 Å². The van der Waals surface area contributed by atoms with Gasteiger partial charge in [-0.25, -0.2) is 10.1 Å². The van der Waals surface area contributed by atoms with Crippen molar-refractivity contribution in [3.63, 3.8) is 0 Å². The summed E-state index contributed by atoms with van der Waals surface area (Å²) in [7, 11) is 0. The van der Waals surface area contributed by atoms with Crippen LogP contribution in [0.4, 0.5) is 0 Å². The normalized spacial score (nSPS) is 17.5. The van der Waals surface area contributed by atoms with Gasteiger partial charge in [-0.1, -0.05) is 41.9 Å². The van der Waals surface area contributed by atoms with Crippen LogP contribution in [-0.2, 0) is 9.59 Å². The Morgan fingerprint density at radius 2 is 1.88 bits per heavy atom. The Balaban J connectivity index is 2.69. The van der Waals surface area contributed by atoms with Crippen LogP contribution in [0.1, 0.15) is 12.5 Å². The lowest BCUT2D eigenvalue weighted by Crippen LogP contribution is -2.27. The molecule has 0 spiro atoms. The highest BCUT2D eigenvalue weighted by Gasteiger charge is 2.21. The fourth-order valence-electron chi connectivity index (χ4n) is 2.21. The summed E-state index contributed by atoms with van der Waals surface area (Å²) in [5.74, 6) is -1.63. The zero-order valence-electron chi connectivity index (χ0n) is 12.8. The largest absolute Gasteiger partial charge is 0.480 e. The molecule has 0 aliphatic heterocycles. The molecule has 0 heterocycles. The monoisotopic (exact) mass is 346 g/mol. The van der Waals surface area contributed by atoms with Gasteiger partial charge in [0.1, 0.15) is 6.54 Å². The second-order valence-corrected chi connectivity index (χ2v) is 5.39. The van der Waals surface area contributed by atoms with E-state index in [1.165, 1.54) is 19.1 Å². The first-order valence-corrected chi connectivity index (χ1v) is 7.39. The van der Waals surface area contributed by atoms with Crippen molar-refractivity contribution in [3.05, 3.63) is 64.7 Å². The van der Waals surface area contributed by atoms with Crippen molar-refractivity contribution >= 4 is 34.9 Å². The number of aliphatic carboxylic acids is 1. The van der Waals surface area contributed by atoms with Crippen LogP contribution in [0.5, 0.6) is 0 Å². The molecule has 0 radical (unpaired) electrons. The number of halogens is 1. The van der Waals surface area contributed by atoms with Gasteiger partial charge in [-0.3, -0.25) is 14.8 Å². The molecule has 1 aliphatic rings. The van der Waals surface area contributed by atoms with Crippen LogP contribution in [0.2, 0.25) is 0 Å². The first kappa shape index (κ1) is 17.7. The van der Waals surface area contributed by atoms with Gasteiger partial charge in [0, 0.05) is 23.1 Å². The third kappa shape index (κ3) is 4.41. The molecule has 0 aromatic heterocycles. The van der Waals surface area contributed by atoms with Crippen LogP contribution in [0.15, 0.2) is 64.2 Å². The van der Waals surface area contributed by atoms with E-state index < -0.39 is 18.4 Å². The highest BCUT2D eigenvalue weighted by molar-refractivity contribution is 6.34. The molecule has 1 aromatic rings. The van der Waals surface area contributed by atoms with Crippen LogP contribution in [0, 0.1) is 0 Å². The minimum Gasteiger partial charge on any atom is -0.480 e. The highest BCUT2D eigenvalue weighted by Crippen LogP contribution is 2.28. The number of hydrogen-bond donors (Lipinski definition) is 2. The Morgan fingerprint density at radius 1 is 1.21 bits per heavy atom. The van der Waals surface area contributed by atoms with Crippen molar-refractivity contribution in [1.29, 1.82) is 0 Å².